The number of nitrogens with zero attached hydrogens (tertiary/aromatic N) is 2. The Morgan fingerprint density at radius 3 is 2.21 bits per heavy atom. The summed E-state index contributed by atoms with van der Waals surface area (Å²) in [6, 6.07) is 26.9. The van der Waals surface area contributed by atoms with Crippen molar-refractivity contribution in [2.45, 2.75) is 55.5 Å². The van der Waals surface area contributed by atoms with Gasteiger partial charge in [-0.05, 0) is 79.3 Å². The molecular weight excluding hydrogens is 673 g/mol. The quantitative estimate of drug-likeness (QED) is 0.101. The zero-order valence-electron chi connectivity index (χ0n) is 26.7. The summed E-state index contributed by atoms with van der Waals surface area (Å²) in [5.41, 5.74) is 2.68. The molecule has 1 atom stereocenters. The second kappa shape index (κ2) is 17.1. The summed E-state index contributed by atoms with van der Waals surface area (Å²) < 4.78 is 29.6. The van der Waals surface area contributed by atoms with Gasteiger partial charge in [-0.25, -0.2) is 8.42 Å². The standard InChI is InChI=1S/C36H39Cl2N3O4S2/c1-4-5-21-39-36(43)34(22-27-9-7-6-8-10-27)40(24-28-13-14-29(37)23-33(28)38)35(42)25-41(30-15-11-26(2)12-16-30)47(44,45)32-19-17-31(46-3)18-20-32/h6-20,23,34H,4-5,21-22,24-25H2,1-3H3,(H,39,43)/t34-/m0/s1. The lowest BCUT2D eigenvalue weighted by Crippen LogP contribution is -2.53. The van der Waals surface area contributed by atoms with Gasteiger partial charge in [0.25, 0.3) is 10.0 Å². The number of halogens is 2. The lowest BCUT2D eigenvalue weighted by atomic mass is 10.0. The third-order valence-electron chi connectivity index (χ3n) is 7.70. The van der Waals surface area contributed by atoms with Gasteiger partial charge in [0.05, 0.1) is 10.6 Å². The van der Waals surface area contributed by atoms with Crippen LogP contribution in [0.25, 0.3) is 0 Å². The van der Waals surface area contributed by atoms with Gasteiger partial charge in [-0.15, -0.1) is 11.8 Å². The van der Waals surface area contributed by atoms with E-state index in [-0.39, 0.29) is 23.8 Å². The number of benzene rings is 4. The first-order valence-electron chi connectivity index (χ1n) is 15.3. The Hall–Kier alpha value is -3.50. The van der Waals surface area contributed by atoms with Crippen molar-refractivity contribution in [1.29, 1.82) is 0 Å². The van der Waals surface area contributed by atoms with Crippen LogP contribution in [0.3, 0.4) is 0 Å². The van der Waals surface area contributed by atoms with Crippen molar-refractivity contribution in [2.24, 2.45) is 0 Å². The number of nitrogens with one attached hydrogen (secondary N) is 1. The highest BCUT2D eigenvalue weighted by Gasteiger charge is 2.35. The minimum absolute atomic E-state index is 0.0439. The van der Waals surface area contributed by atoms with Gasteiger partial charge in [0.2, 0.25) is 11.8 Å². The number of aryl methyl sites for hydroxylation is 1. The topological polar surface area (TPSA) is 86.8 Å². The van der Waals surface area contributed by atoms with Gasteiger partial charge in [-0.1, -0.05) is 90.6 Å². The average Bonchev–Trinajstić information content (AvgIpc) is 3.07. The fourth-order valence-electron chi connectivity index (χ4n) is 5.01. The Labute approximate surface area is 292 Å². The highest BCUT2D eigenvalue weighted by Crippen LogP contribution is 2.28. The van der Waals surface area contributed by atoms with Gasteiger partial charge >= 0.3 is 0 Å². The van der Waals surface area contributed by atoms with Crippen LogP contribution in [0, 0.1) is 6.92 Å². The molecule has 0 aliphatic carbocycles. The third kappa shape index (κ3) is 9.76. The van der Waals surface area contributed by atoms with Crippen LogP contribution in [-0.4, -0.2) is 50.5 Å². The minimum atomic E-state index is -4.20. The second-order valence-electron chi connectivity index (χ2n) is 11.1. The molecule has 11 heteroatoms. The zero-order chi connectivity index (χ0) is 34.0. The molecule has 0 heterocycles. The second-order valence-corrected chi connectivity index (χ2v) is 14.7. The fraction of sp³-hybridized carbons (Fsp3) is 0.278. The van der Waals surface area contributed by atoms with E-state index in [0.717, 1.165) is 33.2 Å². The number of carbonyl (C=O) groups is 2. The molecule has 4 rings (SSSR count). The molecule has 0 unspecified atom stereocenters. The van der Waals surface area contributed by atoms with Gasteiger partial charge in [-0.2, -0.15) is 0 Å². The van der Waals surface area contributed by atoms with E-state index < -0.39 is 28.5 Å². The van der Waals surface area contributed by atoms with E-state index in [1.807, 2.05) is 50.4 Å². The van der Waals surface area contributed by atoms with E-state index in [2.05, 4.69) is 5.32 Å². The molecule has 7 nitrogen and oxygen atoms in total. The summed E-state index contributed by atoms with van der Waals surface area (Å²) in [5, 5.41) is 3.75. The molecule has 0 aromatic heterocycles. The Kier molecular flexibility index (Phi) is 13.2. The zero-order valence-corrected chi connectivity index (χ0v) is 29.8. The Morgan fingerprint density at radius 1 is 0.915 bits per heavy atom. The first-order chi connectivity index (χ1) is 22.5. The Morgan fingerprint density at radius 2 is 1.60 bits per heavy atom. The molecule has 0 bridgehead atoms. The predicted molar refractivity (Wildman–Crippen MR) is 193 cm³/mol. The van der Waals surface area contributed by atoms with Crippen LogP contribution in [0.1, 0.15) is 36.5 Å². The number of amides is 2. The Bertz CT molecular complexity index is 1750. The molecule has 0 spiro atoms. The number of hydrogen-bond acceptors (Lipinski definition) is 5. The van der Waals surface area contributed by atoms with Crippen LogP contribution in [-0.2, 0) is 32.6 Å². The first kappa shape index (κ1) is 36.3. The molecule has 47 heavy (non-hydrogen) atoms. The third-order valence-corrected chi connectivity index (χ3v) is 10.8. The summed E-state index contributed by atoms with van der Waals surface area (Å²) in [5.74, 6) is -0.898. The molecule has 4 aromatic rings. The minimum Gasteiger partial charge on any atom is -0.354 e. The van der Waals surface area contributed by atoms with Crippen LogP contribution in [0.5, 0.6) is 0 Å². The normalized spacial score (nSPS) is 11.9. The van der Waals surface area contributed by atoms with Crippen LogP contribution < -0.4 is 9.62 Å². The predicted octanol–water partition coefficient (Wildman–Crippen LogP) is 7.78. The van der Waals surface area contributed by atoms with Crippen molar-refractivity contribution < 1.29 is 18.0 Å². The first-order valence-corrected chi connectivity index (χ1v) is 18.7. The number of sulfonamides is 1. The van der Waals surface area contributed by atoms with Crippen molar-refractivity contribution in [1.82, 2.24) is 10.2 Å². The van der Waals surface area contributed by atoms with Crippen LogP contribution >= 0.6 is 35.0 Å². The number of rotatable bonds is 15. The summed E-state index contributed by atoms with van der Waals surface area (Å²) >= 11 is 14.3. The number of carbonyl (C=O) groups excluding carboxylic acids is 2. The monoisotopic (exact) mass is 711 g/mol. The van der Waals surface area contributed by atoms with E-state index in [4.69, 9.17) is 23.2 Å². The van der Waals surface area contributed by atoms with Gasteiger partial charge in [0, 0.05) is 34.5 Å². The van der Waals surface area contributed by atoms with Gasteiger partial charge in [-0.3, -0.25) is 13.9 Å². The SMILES string of the molecule is CCCCNC(=O)[C@H](Cc1ccccc1)N(Cc1ccc(Cl)cc1Cl)C(=O)CN(c1ccc(C)cc1)S(=O)(=O)c1ccc(SC)cc1. The van der Waals surface area contributed by atoms with E-state index in [1.165, 1.54) is 28.8 Å². The molecule has 1 N–H and O–H groups in total. The molecule has 0 aliphatic rings. The van der Waals surface area contributed by atoms with E-state index in [1.54, 1.807) is 54.6 Å². The molecule has 248 valence electrons. The smallest absolute Gasteiger partial charge is 0.264 e. The van der Waals surface area contributed by atoms with Crippen LogP contribution in [0.15, 0.2) is 107 Å². The number of anilines is 1. The largest absolute Gasteiger partial charge is 0.354 e. The average molecular weight is 713 g/mol. The number of thioether (sulfide) groups is 1. The molecule has 2 amide bonds. The molecule has 0 radical (unpaired) electrons. The molecular formula is C36H39Cl2N3O4S2. The van der Waals surface area contributed by atoms with E-state index in [0.29, 0.717) is 27.8 Å². The van der Waals surface area contributed by atoms with E-state index >= 15 is 0 Å². The molecule has 0 aliphatic heterocycles. The van der Waals surface area contributed by atoms with E-state index in [9.17, 15) is 18.0 Å². The van der Waals surface area contributed by atoms with Crippen molar-refractivity contribution in [3.8, 4) is 0 Å². The lowest BCUT2D eigenvalue weighted by Gasteiger charge is -2.34. The maximum Gasteiger partial charge on any atom is 0.264 e. The highest BCUT2D eigenvalue weighted by molar-refractivity contribution is 7.98. The summed E-state index contributed by atoms with van der Waals surface area (Å²) in [6.07, 6.45) is 3.78. The van der Waals surface area contributed by atoms with Crippen molar-refractivity contribution in [2.75, 3.05) is 23.7 Å². The summed E-state index contributed by atoms with van der Waals surface area (Å²) in [4.78, 5) is 30.9. The molecule has 4 aromatic carbocycles. The lowest BCUT2D eigenvalue weighted by molar-refractivity contribution is -0.140. The Balaban J connectivity index is 1.80. The number of unbranched alkanes of at least 4 members (excludes halogenated alkanes) is 1. The van der Waals surface area contributed by atoms with Crippen LogP contribution in [0.2, 0.25) is 10.0 Å². The highest BCUT2D eigenvalue weighted by atomic mass is 35.5. The number of hydrogen-bond donors (Lipinski definition) is 1. The summed E-state index contributed by atoms with van der Waals surface area (Å²) in [7, 11) is -4.20. The molecule has 0 saturated heterocycles. The van der Waals surface area contributed by atoms with Crippen molar-refractivity contribution in [3.05, 3.63) is 124 Å². The maximum atomic E-state index is 14.6. The van der Waals surface area contributed by atoms with Crippen molar-refractivity contribution in [3.63, 3.8) is 0 Å². The van der Waals surface area contributed by atoms with Crippen molar-refractivity contribution >= 4 is 62.5 Å². The summed E-state index contributed by atoms with van der Waals surface area (Å²) in [6.45, 7) is 3.78. The fourth-order valence-corrected chi connectivity index (χ4v) is 7.30. The van der Waals surface area contributed by atoms with Gasteiger partial charge in [0.15, 0.2) is 0 Å². The maximum absolute atomic E-state index is 14.6. The van der Waals surface area contributed by atoms with Gasteiger partial charge < -0.3 is 10.2 Å². The molecule has 0 fully saturated rings. The molecule has 0 saturated carbocycles. The van der Waals surface area contributed by atoms with Gasteiger partial charge in [0.1, 0.15) is 12.6 Å². The van der Waals surface area contributed by atoms with Crippen LogP contribution in [0.4, 0.5) is 5.69 Å².